The molecule has 0 saturated carbocycles. The third kappa shape index (κ3) is 2.05. The van der Waals surface area contributed by atoms with Gasteiger partial charge in [0.15, 0.2) is 0 Å². The molecular formula is C12H19N5. The molecule has 2 rings (SSSR count). The topological polar surface area (TPSA) is 58.5 Å². The smallest absolute Gasteiger partial charge is 0.0825 e. The average molecular weight is 233 g/mol. The molecule has 0 bridgehead atoms. The van der Waals surface area contributed by atoms with Crippen LogP contribution in [0.15, 0.2) is 0 Å². The molecule has 0 aliphatic rings. The van der Waals surface area contributed by atoms with Crippen LogP contribution in [0, 0.1) is 27.7 Å². The van der Waals surface area contributed by atoms with Crippen LogP contribution < -0.4 is 5.32 Å². The van der Waals surface area contributed by atoms with Crippen molar-refractivity contribution in [3.05, 3.63) is 28.3 Å². The number of nitrogens with zero attached hydrogens (tertiary/aromatic N) is 3. The molecule has 0 aliphatic carbocycles. The van der Waals surface area contributed by atoms with Crippen molar-refractivity contribution in [3.8, 4) is 0 Å². The summed E-state index contributed by atoms with van der Waals surface area (Å²) in [5.41, 5.74) is 6.70. The molecule has 0 aromatic carbocycles. The Morgan fingerprint density at radius 3 is 2.35 bits per heavy atom. The maximum atomic E-state index is 4.41. The van der Waals surface area contributed by atoms with Crippen LogP contribution in [0.25, 0.3) is 0 Å². The lowest BCUT2D eigenvalue weighted by molar-refractivity contribution is 0.730. The van der Waals surface area contributed by atoms with Gasteiger partial charge in [0, 0.05) is 24.8 Å². The number of hydrogen-bond acceptors (Lipinski definition) is 3. The van der Waals surface area contributed by atoms with Crippen molar-refractivity contribution in [2.24, 2.45) is 7.05 Å². The predicted molar refractivity (Wildman–Crippen MR) is 68.1 cm³/mol. The van der Waals surface area contributed by atoms with E-state index in [-0.39, 0.29) is 0 Å². The largest absolute Gasteiger partial charge is 0.378 e. The molecule has 0 spiro atoms. The predicted octanol–water partition coefficient (Wildman–Crippen LogP) is 1.99. The second-order valence-electron chi connectivity index (χ2n) is 4.44. The van der Waals surface area contributed by atoms with Crippen LogP contribution in [-0.2, 0) is 13.6 Å². The Morgan fingerprint density at radius 1 is 1.18 bits per heavy atom. The zero-order valence-electron chi connectivity index (χ0n) is 11.0. The van der Waals surface area contributed by atoms with Gasteiger partial charge in [-0.25, -0.2) is 0 Å². The van der Waals surface area contributed by atoms with Crippen LogP contribution >= 0.6 is 0 Å². The molecule has 0 radical (unpaired) electrons. The lowest BCUT2D eigenvalue weighted by atomic mass is 10.2. The number of anilines is 1. The molecule has 5 nitrogen and oxygen atoms in total. The van der Waals surface area contributed by atoms with Crippen molar-refractivity contribution in [2.45, 2.75) is 34.2 Å². The summed E-state index contributed by atoms with van der Waals surface area (Å²) >= 11 is 0. The summed E-state index contributed by atoms with van der Waals surface area (Å²) in [6.45, 7) is 8.93. The van der Waals surface area contributed by atoms with Gasteiger partial charge in [-0.3, -0.25) is 9.78 Å². The molecule has 0 atom stereocenters. The van der Waals surface area contributed by atoms with E-state index in [1.807, 2.05) is 32.5 Å². The highest BCUT2D eigenvalue weighted by Crippen LogP contribution is 2.19. The normalized spacial score (nSPS) is 10.9. The molecule has 92 valence electrons. The Kier molecular flexibility index (Phi) is 2.92. The highest BCUT2D eigenvalue weighted by atomic mass is 15.3. The number of aromatic nitrogens is 4. The van der Waals surface area contributed by atoms with Gasteiger partial charge < -0.3 is 5.32 Å². The van der Waals surface area contributed by atoms with E-state index in [9.17, 15) is 0 Å². The van der Waals surface area contributed by atoms with Crippen molar-refractivity contribution in [2.75, 3.05) is 5.32 Å². The van der Waals surface area contributed by atoms with Gasteiger partial charge in [-0.05, 0) is 27.7 Å². The summed E-state index contributed by atoms with van der Waals surface area (Å²) in [6, 6.07) is 0. The highest BCUT2D eigenvalue weighted by molar-refractivity contribution is 5.52. The first-order chi connectivity index (χ1) is 8.00. The maximum Gasteiger partial charge on any atom is 0.0825 e. The third-order valence-corrected chi connectivity index (χ3v) is 3.23. The van der Waals surface area contributed by atoms with Gasteiger partial charge in [-0.1, -0.05) is 0 Å². The molecule has 0 amide bonds. The van der Waals surface area contributed by atoms with Crippen LogP contribution in [0.1, 0.15) is 28.3 Å². The standard InChI is InChI=1S/C12H19N5/c1-7-11(10(4)17(5)16-7)6-13-12-8(2)14-15-9(12)3/h13H,6H2,1-5H3,(H,14,15). The van der Waals surface area contributed by atoms with Gasteiger partial charge >= 0.3 is 0 Å². The van der Waals surface area contributed by atoms with E-state index in [0.717, 1.165) is 29.3 Å². The zero-order chi connectivity index (χ0) is 12.6. The van der Waals surface area contributed by atoms with Crippen molar-refractivity contribution in [1.82, 2.24) is 20.0 Å². The number of nitrogens with one attached hydrogen (secondary N) is 2. The van der Waals surface area contributed by atoms with E-state index in [0.29, 0.717) is 0 Å². The van der Waals surface area contributed by atoms with E-state index >= 15 is 0 Å². The Labute approximate surface area is 101 Å². The SMILES string of the molecule is Cc1nn(C)c(C)c1CNc1c(C)n[nH]c1C. The Morgan fingerprint density at radius 2 is 1.88 bits per heavy atom. The van der Waals surface area contributed by atoms with Crippen molar-refractivity contribution in [1.29, 1.82) is 0 Å². The number of aromatic amines is 1. The van der Waals surface area contributed by atoms with E-state index in [1.54, 1.807) is 0 Å². The lowest BCUT2D eigenvalue weighted by Gasteiger charge is -2.07. The molecule has 0 unspecified atom stereocenters. The molecule has 0 fully saturated rings. The second kappa shape index (κ2) is 4.24. The zero-order valence-corrected chi connectivity index (χ0v) is 11.0. The monoisotopic (exact) mass is 233 g/mol. The number of aryl methyl sites for hydroxylation is 4. The van der Waals surface area contributed by atoms with Crippen molar-refractivity contribution in [3.63, 3.8) is 0 Å². The van der Waals surface area contributed by atoms with Gasteiger partial charge in [0.25, 0.3) is 0 Å². The summed E-state index contributed by atoms with van der Waals surface area (Å²) in [6.07, 6.45) is 0. The molecular weight excluding hydrogens is 214 g/mol. The van der Waals surface area contributed by atoms with Gasteiger partial charge in [-0.15, -0.1) is 0 Å². The minimum absolute atomic E-state index is 0.784. The minimum Gasteiger partial charge on any atom is -0.378 e. The highest BCUT2D eigenvalue weighted by Gasteiger charge is 2.11. The first-order valence-electron chi connectivity index (χ1n) is 5.75. The van der Waals surface area contributed by atoms with Crippen molar-refractivity contribution >= 4 is 5.69 Å². The van der Waals surface area contributed by atoms with E-state index in [2.05, 4.69) is 27.5 Å². The summed E-state index contributed by atoms with van der Waals surface area (Å²) in [5.74, 6) is 0. The first kappa shape index (κ1) is 11.7. The Balaban J connectivity index is 2.18. The molecule has 2 aromatic heterocycles. The molecule has 2 N–H and O–H groups in total. The summed E-state index contributed by atoms with van der Waals surface area (Å²) in [7, 11) is 1.97. The number of rotatable bonds is 3. The fourth-order valence-corrected chi connectivity index (χ4v) is 2.06. The summed E-state index contributed by atoms with van der Waals surface area (Å²) < 4.78 is 1.92. The molecule has 0 saturated heterocycles. The Bertz CT molecular complexity index is 516. The summed E-state index contributed by atoms with van der Waals surface area (Å²) in [4.78, 5) is 0. The first-order valence-corrected chi connectivity index (χ1v) is 5.75. The third-order valence-electron chi connectivity index (χ3n) is 3.23. The molecule has 0 aliphatic heterocycles. The quantitative estimate of drug-likeness (QED) is 0.852. The van der Waals surface area contributed by atoms with E-state index in [4.69, 9.17) is 0 Å². The van der Waals surface area contributed by atoms with Crippen LogP contribution in [0.5, 0.6) is 0 Å². The van der Waals surface area contributed by atoms with Crippen LogP contribution in [0.4, 0.5) is 5.69 Å². The molecule has 17 heavy (non-hydrogen) atoms. The van der Waals surface area contributed by atoms with Crippen molar-refractivity contribution < 1.29 is 0 Å². The maximum absolute atomic E-state index is 4.41. The lowest BCUT2D eigenvalue weighted by Crippen LogP contribution is -2.03. The van der Waals surface area contributed by atoms with E-state index in [1.165, 1.54) is 11.3 Å². The van der Waals surface area contributed by atoms with Gasteiger partial charge in [-0.2, -0.15) is 10.2 Å². The number of hydrogen-bond donors (Lipinski definition) is 2. The summed E-state index contributed by atoms with van der Waals surface area (Å²) in [5, 5.41) is 15.0. The average Bonchev–Trinajstić information content (AvgIpc) is 2.70. The molecule has 5 heteroatoms. The van der Waals surface area contributed by atoms with Crippen LogP contribution in [0.3, 0.4) is 0 Å². The minimum atomic E-state index is 0.784. The fourth-order valence-electron chi connectivity index (χ4n) is 2.06. The fraction of sp³-hybridized carbons (Fsp3) is 0.500. The van der Waals surface area contributed by atoms with Gasteiger partial charge in [0.2, 0.25) is 0 Å². The number of H-pyrrole nitrogens is 1. The van der Waals surface area contributed by atoms with Gasteiger partial charge in [0.1, 0.15) is 0 Å². The second-order valence-corrected chi connectivity index (χ2v) is 4.44. The Hall–Kier alpha value is -1.78. The molecule has 2 aromatic rings. The van der Waals surface area contributed by atoms with Crippen LogP contribution in [0.2, 0.25) is 0 Å². The van der Waals surface area contributed by atoms with Gasteiger partial charge in [0.05, 0.1) is 22.8 Å². The van der Waals surface area contributed by atoms with Crippen LogP contribution in [-0.4, -0.2) is 20.0 Å². The molecule has 2 heterocycles. The van der Waals surface area contributed by atoms with E-state index < -0.39 is 0 Å².